The average Bonchev–Trinajstić information content (AvgIpc) is 2.73. The summed E-state index contributed by atoms with van der Waals surface area (Å²) in [6.45, 7) is 3.85. The number of ether oxygens (including phenoxy) is 1. The summed E-state index contributed by atoms with van der Waals surface area (Å²) in [5.74, 6) is 0.245. The lowest BCUT2D eigenvalue weighted by atomic mass is 9.97. The largest absolute Gasteiger partial charge is 0.496 e. The van der Waals surface area contributed by atoms with Gasteiger partial charge in [-0.3, -0.25) is 9.59 Å². The lowest BCUT2D eigenvalue weighted by molar-refractivity contribution is 0.0941. The normalized spacial score (nSPS) is 11.7. The van der Waals surface area contributed by atoms with Gasteiger partial charge in [-0.15, -0.1) is 0 Å². The van der Waals surface area contributed by atoms with Gasteiger partial charge in [0.1, 0.15) is 11.3 Å². The highest BCUT2D eigenvalue weighted by molar-refractivity contribution is 5.94. The predicted molar refractivity (Wildman–Crippen MR) is 110 cm³/mol. The van der Waals surface area contributed by atoms with Gasteiger partial charge in [0.05, 0.1) is 13.2 Å². The number of aromatic amines is 1. The number of nitrogens with one attached hydrogen (secondary N) is 2. The van der Waals surface area contributed by atoms with Gasteiger partial charge in [-0.25, -0.2) is 0 Å². The standard InChI is InChI=1S/C23H24N2O3/c1-4-19-15(2)14-18(22(26)24-19)23(27)25-21(16-10-6-5-7-11-16)17-12-8-9-13-20(17)28-3/h5-14,21H,4H2,1-3H3,(H,24,26)(H,25,27)/t21-/m1/s1. The van der Waals surface area contributed by atoms with Crippen molar-refractivity contribution in [2.24, 2.45) is 0 Å². The second kappa shape index (κ2) is 8.57. The maximum atomic E-state index is 13.0. The number of aromatic nitrogens is 1. The number of para-hydroxylation sites is 1. The van der Waals surface area contributed by atoms with E-state index in [-0.39, 0.29) is 11.1 Å². The molecule has 2 aromatic carbocycles. The van der Waals surface area contributed by atoms with E-state index in [9.17, 15) is 9.59 Å². The van der Waals surface area contributed by atoms with Gasteiger partial charge in [-0.1, -0.05) is 55.5 Å². The molecule has 28 heavy (non-hydrogen) atoms. The van der Waals surface area contributed by atoms with Crippen LogP contribution in [-0.2, 0) is 6.42 Å². The van der Waals surface area contributed by atoms with Gasteiger partial charge in [0.2, 0.25) is 0 Å². The third-order valence-corrected chi connectivity index (χ3v) is 4.80. The first kappa shape index (κ1) is 19.4. The second-order valence-electron chi connectivity index (χ2n) is 6.59. The lowest BCUT2D eigenvalue weighted by Gasteiger charge is -2.22. The number of methoxy groups -OCH3 is 1. The summed E-state index contributed by atoms with van der Waals surface area (Å²) in [6.07, 6.45) is 0.705. The van der Waals surface area contributed by atoms with Crippen LogP contribution in [0.4, 0.5) is 0 Å². The third kappa shape index (κ3) is 3.98. The number of benzene rings is 2. The molecule has 0 unspecified atom stereocenters. The Balaban J connectivity index is 2.02. The maximum absolute atomic E-state index is 13.0. The van der Waals surface area contributed by atoms with Crippen LogP contribution in [0.15, 0.2) is 65.5 Å². The Labute approximate surface area is 164 Å². The van der Waals surface area contributed by atoms with Crippen LogP contribution in [0.5, 0.6) is 5.75 Å². The smallest absolute Gasteiger partial charge is 0.261 e. The van der Waals surface area contributed by atoms with Crippen molar-refractivity contribution in [2.75, 3.05) is 7.11 Å². The lowest BCUT2D eigenvalue weighted by Crippen LogP contribution is -2.34. The maximum Gasteiger partial charge on any atom is 0.261 e. The SMILES string of the molecule is CCc1[nH]c(=O)c(C(=O)N[C@H](c2ccccc2)c2ccccc2OC)cc1C. The number of aryl methyl sites for hydroxylation is 2. The molecule has 5 nitrogen and oxygen atoms in total. The molecule has 0 saturated heterocycles. The van der Waals surface area contributed by atoms with Crippen LogP contribution in [0.25, 0.3) is 0 Å². The number of carbonyl (C=O) groups excluding carboxylic acids is 1. The summed E-state index contributed by atoms with van der Waals surface area (Å²) in [4.78, 5) is 28.2. The number of amides is 1. The summed E-state index contributed by atoms with van der Waals surface area (Å²) in [6, 6.07) is 18.4. The Morgan fingerprint density at radius 3 is 2.46 bits per heavy atom. The quantitative estimate of drug-likeness (QED) is 0.688. The van der Waals surface area contributed by atoms with Gasteiger partial charge >= 0.3 is 0 Å². The highest BCUT2D eigenvalue weighted by Crippen LogP contribution is 2.30. The highest BCUT2D eigenvalue weighted by Gasteiger charge is 2.22. The van der Waals surface area contributed by atoms with Crippen molar-refractivity contribution in [3.05, 3.63) is 99.0 Å². The molecule has 1 amide bonds. The van der Waals surface area contributed by atoms with Crippen molar-refractivity contribution < 1.29 is 9.53 Å². The minimum absolute atomic E-state index is 0.102. The van der Waals surface area contributed by atoms with Crippen LogP contribution < -0.4 is 15.6 Å². The van der Waals surface area contributed by atoms with Crippen molar-refractivity contribution in [2.45, 2.75) is 26.3 Å². The predicted octanol–water partition coefficient (Wildman–Crippen LogP) is 3.77. The molecular formula is C23H24N2O3. The fraction of sp³-hybridized carbons (Fsp3) is 0.217. The molecule has 5 heteroatoms. The molecule has 144 valence electrons. The molecule has 0 saturated carbocycles. The van der Waals surface area contributed by atoms with E-state index in [2.05, 4.69) is 10.3 Å². The fourth-order valence-electron chi connectivity index (χ4n) is 3.31. The zero-order valence-corrected chi connectivity index (χ0v) is 16.3. The van der Waals surface area contributed by atoms with Crippen LogP contribution in [0.3, 0.4) is 0 Å². The van der Waals surface area contributed by atoms with E-state index < -0.39 is 11.9 Å². The van der Waals surface area contributed by atoms with E-state index in [1.54, 1.807) is 13.2 Å². The van der Waals surface area contributed by atoms with E-state index in [0.29, 0.717) is 12.2 Å². The molecule has 1 heterocycles. The molecule has 0 spiro atoms. The molecule has 0 aliphatic heterocycles. The number of H-pyrrole nitrogens is 1. The van der Waals surface area contributed by atoms with Crippen molar-refractivity contribution in [1.82, 2.24) is 10.3 Å². The van der Waals surface area contributed by atoms with Crippen LogP contribution in [0.1, 0.15) is 45.7 Å². The minimum atomic E-state index is -0.449. The van der Waals surface area contributed by atoms with Crippen LogP contribution >= 0.6 is 0 Å². The first-order chi connectivity index (χ1) is 13.5. The molecule has 1 atom stereocenters. The summed E-state index contributed by atoms with van der Waals surface area (Å²) < 4.78 is 5.49. The number of carbonyl (C=O) groups is 1. The molecule has 1 aromatic heterocycles. The van der Waals surface area contributed by atoms with E-state index >= 15 is 0 Å². The molecule has 0 aliphatic rings. The van der Waals surface area contributed by atoms with Gasteiger partial charge in [0.25, 0.3) is 11.5 Å². The molecule has 3 rings (SSSR count). The monoisotopic (exact) mass is 376 g/mol. The van der Waals surface area contributed by atoms with Crippen LogP contribution in [0, 0.1) is 6.92 Å². The van der Waals surface area contributed by atoms with E-state index in [1.807, 2.05) is 68.4 Å². The number of pyridine rings is 1. The Hall–Kier alpha value is -3.34. The number of hydrogen-bond acceptors (Lipinski definition) is 3. The van der Waals surface area contributed by atoms with Crippen molar-refractivity contribution in [3.8, 4) is 5.75 Å². The summed E-state index contributed by atoms with van der Waals surface area (Å²) >= 11 is 0. The topological polar surface area (TPSA) is 71.2 Å². The molecule has 0 aliphatic carbocycles. The van der Waals surface area contributed by atoms with Crippen molar-refractivity contribution >= 4 is 5.91 Å². The van der Waals surface area contributed by atoms with E-state index in [1.165, 1.54) is 0 Å². The first-order valence-corrected chi connectivity index (χ1v) is 9.26. The third-order valence-electron chi connectivity index (χ3n) is 4.80. The minimum Gasteiger partial charge on any atom is -0.496 e. The van der Waals surface area contributed by atoms with Gasteiger partial charge in [0, 0.05) is 11.3 Å². The zero-order valence-electron chi connectivity index (χ0n) is 16.3. The Morgan fingerprint density at radius 2 is 1.79 bits per heavy atom. The van der Waals surface area contributed by atoms with Crippen molar-refractivity contribution in [3.63, 3.8) is 0 Å². The first-order valence-electron chi connectivity index (χ1n) is 9.26. The van der Waals surface area contributed by atoms with Gasteiger partial charge in [-0.05, 0) is 36.6 Å². The molecule has 3 aromatic rings. The Morgan fingerprint density at radius 1 is 1.11 bits per heavy atom. The van der Waals surface area contributed by atoms with E-state index in [4.69, 9.17) is 4.74 Å². The zero-order chi connectivity index (χ0) is 20.1. The fourth-order valence-corrected chi connectivity index (χ4v) is 3.31. The number of rotatable bonds is 6. The Kier molecular flexibility index (Phi) is 5.94. The molecule has 0 radical (unpaired) electrons. The summed E-state index contributed by atoms with van der Waals surface area (Å²) in [5, 5.41) is 3.01. The number of hydrogen-bond donors (Lipinski definition) is 2. The molecular weight excluding hydrogens is 352 g/mol. The molecule has 2 N–H and O–H groups in total. The molecule has 0 fully saturated rings. The van der Waals surface area contributed by atoms with Crippen LogP contribution in [-0.4, -0.2) is 18.0 Å². The van der Waals surface area contributed by atoms with Gasteiger partial charge in [0.15, 0.2) is 0 Å². The van der Waals surface area contributed by atoms with Gasteiger partial charge < -0.3 is 15.0 Å². The highest BCUT2D eigenvalue weighted by atomic mass is 16.5. The molecule has 0 bridgehead atoms. The van der Waals surface area contributed by atoms with E-state index in [0.717, 1.165) is 22.4 Å². The van der Waals surface area contributed by atoms with Gasteiger partial charge in [-0.2, -0.15) is 0 Å². The Bertz CT molecular complexity index is 1030. The second-order valence-corrected chi connectivity index (χ2v) is 6.59. The van der Waals surface area contributed by atoms with Crippen molar-refractivity contribution in [1.29, 1.82) is 0 Å². The summed E-state index contributed by atoms with van der Waals surface area (Å²) in [7, 11) is 1.60. The van der Waals surface area contributed by atoms with Crippen LogP contribution in [0.2, 0.25) is 0 Å². The summed E-state index contributed by atoms with van der Waals surface area (Å²) in [5.41, 5.74) is 3.17. The average molecular weight is 376 g/mol.